The smallest absolute Gasteiger partial charge is 0.317 e. The van der Waals surface area contributed by atoms with Gasteiger partial charge in [-0.3, -0.25) is 4.79 Å². The summed E-state index contributed by atoms with van der Waals surface area (Å²) < 4.78 is 5.22. The number of hydrogen-bond donors (Lipinski definition) is 2. The number of nitrogens with two attached hydrogens (primary N) is 1. The monoisotopic (exact) mass is 370 g/mol. The maximum atomic E-state index is 12.4. The fourth-order valence-corrected chi connectivity index (χ4v) is 3.41. The van der Waals surface area contributed by atoms with E-state index >= 15 is 0 Å². The number of carbonyl (C=O) groups is 2. The lowest BCUT2D eigenvalue weighted by atomic mass is 9.96. The van der Waals surface area contributed by atoms with Gasteiger partial charge >= 0.3 is 6.03 Å². The van der Waals surface area contributed by atoms with E-state index in [4.69, 9.17) is 10.2 Å². The van der Waals surface area contributed by atoms with Crippen LogP contribution in [0.25, 0.3) is 0 Å². The van der Waals surface area contributed by atoms with Gasteiger partial charge < -0.3 is 25.3 Å². The highest BCUT2D eigenvalue weighted by Crippen LogP contribution is 2.18. The molecule has 1 aliphatic carbocycles. The molecule has 0 radical (unpaired) electrons. The average Bonchev–Trinajstić information content (AvgIpc) is 3.11. The fourth-order valence-electron chi connectivity index (χ4n) is 3.41. The number of hydrogen-bond acceptors (Lipinski definition) is 4. The minimum atomic E-state index is -0.0641. The number of nitrogens with zero attached hydrogens (tertiary/aromatic N) is 2. The van der Waals surface area contributed by atoms with Crippen molar-refractivity contribution in [1.82, 2.24) is 15.1 Å². The van der Waals surface area contributed by atoms with Crippen LogP contribution in [0.3, 0.4) is 0 Å². The van der Waals surface area contributed by atoms with E-state index in [0.717, 1.165) is 12.8 Å². The van der Waals surface area contributed by atoms with Crippen molar-refractivity contribution in [2.75, 3.05) is 26.2 Å². The van der Waals surface area contributed by atoms with Crippen molar-refractivity contribution in [2.24, 2.45) is 5.73 Å². The molecular formula is C17H27ClN4O3. The van der Waals surface area contributed by atoms with Gasteiger partial charge in [-0.1, -0.05) is 19.3 Å². The minimum Gasteiger partial charge on any atom is -0.467 e. The molecule has 0 atom stereocenters. The Morgan fingerprint density at radius 1 is 1.12 bits per heavy atom. The molecule has 3 N–H and O–H groups in total. The van der Waals surface area contributed by atoms with Gasteiger partial charge in [0.1, 0.15) is 12.0 Å². The lowest BCUT2D eigenvalue weighted by Crippen LogP contribution is -2.54. The van der Waals surface area contributed by atoms with Gasteiger partial charge in [-0.15, -0.1) is 12.4 Å². The fraction of sp³-hybridized carbons (Fsp3) is 0.647. The highest BCUT2D eigenvalue weighted by atomic mass is 35.5. The lowest BCUT2D eigenvalue weighted by molar-refractivity contribution is 0.0662. The van der Waals surface area contributed by atoms with Crippen LogP contribution in [0.5, 0.6) is 0 Å². The first-order valence-corrected chi connectivity index (χ1v) is 8.79. The minimum absolute atomic E-state index is 0. The molecule has 1 aromatic heterocycles. The average molecular weight is 371 g/mol. The Bertz CT molecular complexity index is 578. The second-order valence-corrected chi connectivity index (χ2v) is 6.57. The summed E-state index contributed by atoms with van der Waals surface area (Å²) in [4.78, 5) is 28.3. The van der Waals surface area contributed by atoms with E-state index < -0.39 is 0 Å². The molecule has 2 fully saturated rings. The molecule has 8 heteroatoms. The highest BCUT2D eigenvalue weighted by Gasteiger charge is 2.27. The molecule has 1 saturated heterocycles. The lowest BCUT2D eigenvalue weighted by Gasteiger charge is -2.35. The molecular weight excluding hydrogens is 344 g/mol. The molecule has 140 valence electrons. The van der Waals surface area contributed by atoms with E-state index in [0.29, 0.717) is 43.5 Å². The quantitative estimate of drug-likeness (QED) is 0.850. The predicted octanol–water partition coefficient (Wildman–Crippen LogP) is 1.96. The van der Waals surface area contributed by atoms with Gasteiger partial charge in [-0.2, -0.15) is 0 Å². The summed E-state index contributed by atoms with van der Waals surface area (Å²) >= 11 is 0. The molecule has 3 rings (SSSR count). The molecule has 0 aromatic carbocycles. The van der Waals surface area contributed by atoms with Crippen LogP contribution in [0, 0.1) is 0 Å². The molecule has 2 heterocycles. The molecule has 1 aliphatic heterocycles. The maximum absolute atomic E-state index is 12.4. The van der Waals surface area contributed by atoms with Gasteiger partial charge in [0.2, 0.25) is 0 Å². The van der Waals surface area contributed by atoms with E-state index in [-0.39, 0.29) is 30.9 Å². The summed E-state index contributed by atoms with van der Waals surface area (Å²) in [6.45, 7) is 2.49. The van der Waals surface area contributed by atoms with Crippen molar-refractivity contribution >= 4 is 24.3 Å². The highest BCUT2D eigenvalue weighted by molar-refractivity contribution is 5.94. The SMILES string of the molecule is Cl.NCc1cc(C(=O)N2CCN(C(=O)NC3CCCCC3)CC2)co1. The number of urea groups is 1. The molecule has 1 aromatic rings. The zero-order valence-electron chi connectivity index (χ0n) is 14.4. The van der Waals surface area contributed by atoms with Gasteiger partial charge in [0, 0.05) is 32.2 Å². The van der Waals surface area contributed by atoms with Crippen LogP contribution in [-0.4, -0.2) is 54.0 Å². The third-order valence-electron chi connectivity index (χ3n) is 4.89. The number of rotatable bonds is 3. The van der Waals surface area contributed by atoms with Crippen LogP contribution in [0.4, 0.5) is 4.79 Å². The Hall–Kier alpha value is -1.73. The number of furan rings is 1. The van der Waals surface area contributed by atoms with Crippen molar-refractivity contribution < 1.29 is 14.0 Å². The normalized spacial score (nSPS) is 18.6. The number of amides is 3. The van der Waals surface area contributed by atoms with Crippen molar-refractivity contribution in [1.29, 1.82) is 0 Å². The molecule has 2 aliphatic rings. The summed E-state index contributed by atoms with van der Waals surface area (Å²) in [5.41, 5.74) is 6.02. The maximum Gasteiger partial charge on any atom is 0.317 e. The van der Waals surface area contributed by atoms with Gasteiger partial charge in [0.05, 0.1) is 12.1 Å². The second kappa shape index (κ2) is 9.10. The van der Waals surface area contributed by atoms with Crippen molar-refractivity contribution in [3.05, 3.63) is 23.7 Å². The van der Waals surface area contributed by atoms with E-state index in [1.165, 1.54) is 25.5 Å². The zero-order chi connectivity index (χ0) is 16.9. The van der Waals surface area contributed by atoms with Crippen molar-refractivity contribution in [3.8, 4) is 0 Å². The third kappa shape index (κ3) is 4.89. The Kier molecular flexibility index (Phi) is 7.13. The van der Waals surface area contributed by atoms with Crippen LogP contribution in [-0.2, 0) is 6.54 Å². The standard InChI is InChI=1S/C17H26N4O3.ClH/c18-11-15-10-13(12-24-15)16(22)20-6-8-21(9-7-20)17(23)19-14-4-2-1-3-5-14;/h10,12,14H,1-9,11,18H2,(H,19,23);1H. The van der Waals surface area contributed by atoms with Gasteiger partial charge in [0.15, 0.2) is 0 Å². The first-order chi connectivity index (χ1) is 11.7. The van der Waals surface area contributed by atoms with Crippen molar-refractivity contribution in [3.63, 3.8) is 0 Å². The van der Waals surface area contributed by atoms with Crippen LogP contribution in [0.1, 0.15) is 48.2 Å². The largest absolute Gasteiger partial charge is 0.467 e. The Labute approximate surface area is 154 Å². The first-order valence-electron chi connectivity index (χ1n) is 8.79. The van der Waals surface area contributed by atoms with Gasteiger partial charge in [-0.05, 0) is 18.9 Å². The Morgan fingerprint density at radius 2 is 1.76 bits per heavy atom. The summed E-state index contributed by atoms with van der Waals surface area (Å²) in [6, 6.07) is 2.00. The van der Waals surface area contributed by atoms with E-state index in [2.05, 4.69) is 5.32 Å². The first kappa shape index (κ1) is 19.6. The predicted molar refractivity (Wildman–Crippen MR) is 96.7 cm³/mol. The molecule has 3 amide bonds. The number of nitrogens with one attached hydrogen (secondary N) is 1. The van der Waals surface area contributed by atoms with Crippen LogP contribution in [0.2, 0.25) is 0 Å². The van der Waals surface area contributed by atoms with Crippen LogP contribution < -0.4 is 11.1 Å². The van der Waals surface area contributed by atoms with E-state index in [1.54, 1.807) is 15.9 Å². The third-order valence-corrected chi connectivity index (χ3v) is 4.89. The van der Waals surface area contributed by atoms with Crippen molar-refractivity contribution in [2.45, 2.75) is 44.7 Å². The topological polar surface area (TPSA) is 91.8 Å². The molecule has 25 heavy (non-hydrogen) atoms. The number of carbonyl (C=O) groups excluding carboxylic acids is 2. The van der Waals surface area contributed by atoms with E-state index in [1.807, 2.05) is 0 Å². The summed E-state index contributed by atoms with van der Waals surface area (Å²) in [6.07, 6.45) is 7.27. The second-order valence-electron chi connectivity index (χ2n) is 6.57. The molecule has 0 spiro atoms. The number of halogens is 1. The summed E-state index contributed by atoms with van der Waals surface area (Å²) in [7, 11) is 0. The molecule has 1 saturated carbocycles. The van der Waals surface area contributed by atoms with Crippen LogP contribution in [0.15, 0.2) is 16.7 Å². The molecule has 0 bridgehead atoms. The Morgan fingerprint density at radius 3 is 2.36 bits per heavy atom. The van der Waals surface area contributed by atoms with Crippen LogP contribution >= 0.6 is 12.4 Å². The number of piperazine rings is 1. The van der Waals surface area contributed by atoms with E-state index in [9.17, 15) is 9.59 Å². The molecule has 7 nitrogen and oxygen atoms in total. The summed E-state index contributed by atoms with van der Waals surface area (Å²) in [5.74, 6) is 0.537. The molecule has 0 unspecified atom stereocenters. The summed E-state index contributed by atoms with van der Waals surface area (Å²) in [5, 5.41) is 3.13. The van der Waals surface area contributed by atoms with Gasteiger partial charge in [-0.25, -0.2) is 4.79 Å². The zero-order valence-corrected chi connectivity index (χ0v) is 15.2. The Balaban J connectivity index is 0.00000225. The van der Waals surface area contributed by atoms with Gasteiger partial charge in [0.25, 0.3) is 5.91 Å².